The maximum atomic E-state index is 2.55. The van der Waals surface area contributed by atoms with Gasteiger partial charge in [-0.15, -0.1) is 0 Å². The summed E-state index contributed by atoms with van der Waals surface area (Å²) >= 11 is 0. The van der Waals surface area contributed by atoms with E-state index in [4.69, 9.17) is 0 Å². The van der Waals surface area contributed by atoms with Gasteiger partial charge in [-0.1, -0.05) is 110 Å². The fraction of sp³-hybridized carbons (Fsp3) is 0.154. The summed E-state index contributed by atoms with van der Waals surface area (Å²) < 4.78 is 0. The highest BCUT2D eigenvalue weighted by molar-refractivity contribution is 5.91. The highest BCUT2D eigenvalue weighted by atomic mass is 14.6. The molecule has 0 aliphatic heterocycles. The molecular formula is C26H22. The summed E-state index contributed by atoms with van der Waals surface area (Å²) in [7, 11) is 0. The minimum atomic E-state index is -0.0432. The van der Waals surface area contributed by atoms with Crippen LogP contribution >= 0.6 is 0 Å². The van der Waals surface area contributed by atoms with E-state index in [9.17, 15) is 0 Å². The molecule has 3 aromatic rings. The molecule has 0 saturated heterocycles. The molecule has 0 aromatic heterocycles. The van der Waals surface area contributed by atoms with Gasteiger partial charge in [0.25, 0.3) is 0 Å². The Morgan fingerprint density at radius 3 is 1.81 bits per heavy atom. The first kappa shape index (κ1) is 15.4. The van der Waals surface area contributed by atoms with Gasteiger partial charge in [0.1, 0.15) is 0 Å². The Labute approximate surface area is 155 Å². The maximum absolute atomic E-state index is 2.55. The molecular weight excluding hydrogens is 312 g/mol. The first-order chi connectivity index (χ1) is 12.8. The van der Waals surface area contributed by atoms with E-state index in [2.05, 4.69) is 110 Å². The number of hydrogen-bond donors (Lipinski definition) is 0. The molecule has 0 heterocycles. The van der Waals surface area contributed by atoms with Crippen molar-refractivity contribution in [2.75, 3.05) is 0 Å². The van der Waals surface area contributed by atoms with Crippen molar-refractivity contribution in [3.63, 3.8) is 0 Å². The van der Waals surface area contributed by atoms with Crippen LogP contribution in [0.5, 0.6) is 0 Å². The Bertz CT molecular complexity index is 980. The van der Waals surface area contributed by atoms with Crippen LogP contribution in [0, 0.1) is 11.8 Å². The zero-order valence-electron chi connectivity index (χ0n) is 15.0. The van der Waals surface area contributed by atoms with E-state index in [1.807, 2.05) is 0 Å². The second-order valence-corrected chi connectivity index (χ2v) is 7.46. The third kappa shape index (κ3) is 2.08. The Balaban J connectivity index is 1.73. The van der Waals surface area contributed by atoms with Crippen LogP contribution in [0.4, 0.5) is 0 Å². The summed E-state index contributed by atoms with van der Waals surface area (Å²) in [4.78, 5) is 0. The monoisotopic (exact) mass is 334 g/mol. The van der Waals surface area contributed by atoms with E-state index in [-0.39, 0.29) is 5.41 Å². The first-order valence-electron chi connectivity index (χ1n) is 9.42. The molecule has 0 amide bonds. The molecule has 2 aliphatic rings. The third-order valence-corrected chi connectivity index (χ3v) is 6.23. The average molecular weight is 334 g/mol. The lowest BCUT2D eigenvalue weighted by Gasteiger charge is -2.33. The molecule has 0 heteroatoms. The van der Waals surface area contributed by atoms with Crippen molar-refractivity contribution in [3.05, 3.63) is 120 Å². The fourth-order valence-electron chi connectivity index (χ4n) is 4.97. The molecule has 2 aliphatic carbocycles. The predicted octanol–water partition coefficient (Wildman–Crippen LogP) is 6.37. The van der Waals surface area contributed by atoms with E-state index in [0.29, 0.717) is 11.8 Å². The van der Waals surface area contributed by atoms with Crippen molar-refractivity contribution < 1.29 is 0 Å². The van der Waals surface area contributed by atoms with Crippen molar-refractivity contribution in [1.29, 1.82) is 0 Å². The van der Waals surface area contributed by atoms with Crippen molar-refractivity contribution in [2.24, 2.45) is 11.8 Å². The minimum absolute atomic E-state index is 0.0432. The lowest BCUT2D eigenvalue weighted by atomic mass is 9.69. The molecule has 0 nitrogen and oxygen atoms in total. The normalized spacial score (nSPS) is 26.5. The highest BCUT2D eigenvalue weighted by Gasteiger charge is 2.53. The number of fused-ring (bicyclic) bond motifs is 2. The smallest absolute Gasteiger partial charge is 0.0425 e. The summed E-state index contributed by atoms with van der Waals surface area (Å²) in [5, 5.41) is 0. The van der Waals surface area contributed by atoms with Crippen molar-refractivity contribution in [1.82, 2.24) is 0 Å². The van der Waals surface area contributed by atoms with Crippen molar-refractivity contribution >= 4 is 11.1 Å². The Hall–Kier alpha value is -2.86. The highest BCUT2D eigenvalue weighted by Crippen LogP contribution is 2.62. The van der Waals surface area contributed by atoms with Gasteiger partial charge in [-0.3, -0.25) is 0 Å². The summed E-state index contributed by atoms with van der Waals surface area (Å²) in [6.45, 7) is 2.41. The Morgan fingerprint density at radius 2 is 1.19 bits per heavy atom. The minimum Gasteiger partial charge on any atom is -0.0716 e. The van der Waals surface area contributed by atoms with Gasteiger partial charge in [0.15, 0.2) is 0 Å². The van der Waals surface area contributed by atoms with Crippen LogP contribution in [-0.4, -0.2) is 0 Å². The second-order valence-electron chi connectivity index (χ2n) is 7.46. The van der Waals surface area contributed by atoms with Gasteiger partial charge in [0, 0.05) is 11.3 Å². The number of hydrogen-bond acceptors (Lipinski definition) is 0. The molecule has 0 spiro atoms. The van der Waals surface area contributed by atoms with Gasteiger partial charge >= 0.3 is 0 Å². The van der Waals surface area contributed by atoms with Gasteiger partial charge in [-0.25, -0.2) is 0 Å². The lowest BCUT2D eigenvalue weighted by molar-refractivity contribution is 0.452. The maximum Gasteiger partial charge on any atom is 0.0425 e. The number of rotatable bonds is 3. The third-order valence-electron chi connectivity index (χ3n) is 6.23. The van der Waals surface area contributed by atoms with E-state index >= 15 is 0 Å². The van der Waals surface area contributed by atoms with E-state index in [0.717, 1.165) is 0 Å². The van der Waals surface area contributed by atoms with Gasteiger partial charge in [0.2, 0.25) is 0 Å². The van der Waals surface area contributed by atoms with Gasteiger partial charge in [-0.2, -0.15) is 0 Å². The standard InChI is InChI=1S/C26H22/c1-19-23-17-25(21-13-7-3-8-14-21)26(19,22-15-9-4-10-16-22)18-24(23)20-11-5-2-6-12-20/h2-19,23H,1H3/t19-,23+,26-/m1/s1. The SMILES string of the molecule is C[C@@H]1[C@@H]2C=C(c3ccccc3)[C@]1(c1ccccc1)C=C2c1ccccc1. The van der Waals surface area contributed by atoms with Crippen LogP contribution in [0.2, 0.25) is 0 Å². The van der Waals surface area contributed by atoms with Crippen LogP contribution in [0.3, 0.4) is 0 Å². The van der Waals surface area contributed by atoms with Crippen molar-refractivity contribution in [3.8, 4) is 0 Å². The fourth-order valence-corrected chi connectivity index (χ4v) is 4.97. The van der Waals surface area contributed by atoms with Crippen LogP contribution in [0.25, 0.3) is 11.1 Å². The van der Waals surface area contributed by atoms with E-state index in [1.54, 1.807) is 0 Å². The largest absolute Gasteiger partial charge is 0.0716 e. The molecule has 2 bridgehead atoms. The topological polar surface area (TPSA) is 0 Å². The van der Waals surface area contributed by atoms with E-state index in [1.165, 1.54) is 27.8 Å². The van der Waals surface area contributed by atoms with Crippen LogP contribution in [0.15, 0.2) is 103 Å². The van der Waals surface area contributed by atoms with Crippen molar-refractivity contribution in [2.45, 2.75) is 12.3 Å². The van der Waals surface area contributed by atoms with Gasteiger partial charge in [0.05, 0.1) is 0 Å². The number of benzene rings is 3. The predicted molar refractivity (Wildman–Crippen MR) is 110 cm³/mol. The molecule has 5 rings (SSSR count). The van der Waals surface area contributed by atoms with Gasteiger partial charge in [-0.05, 0) is 33.8 Å². The van der Waals surface area contributed by atoms with E-state index < -0.39 is 0 Å². The van der Waals surface area contributed by atoms with Crippen LogP contribution in [0.1, 0.15) is 23.6 Å². The quantitative estimate of drug-likeness (QED) is 0.522. The molecule has 0 radical (unpaired) electrons. The molecule has 3 atom stereocenters. The van der Waals surface area contributed by atoms with Crippen LogP contribution < -0.4 is 0 Å². The Morgan fingerprint density at radius 1 is 0.654 bits per heavy atom. The molecule has 0 saturated carbocycles. The van der Waals surface area contributed by atoms with Crippen LogP contribution in [-0.2, 0) is 5.41 Å². The summed E-state index contributed by atoms with van der Waals surface area (Å²) in [5.41, 5.74) is 6.98. The Kier molecular flexibility index (Phi) is 3.46. The molecule has 0 N–H and O–H groups in total. The molecule has 0 fully saturated rings. The van der Waals surface area contributed by atoms with Gasteiger partial charge < -0.3 is 0 Å². The average Bonchev–Trinajstić information content (AvgIpc) is 3.18. The first-order valence-corrected chi connectivity index (χ1v) is 9.42. The molecule has 126 valence electrons. The summed E-state index contributed by atoms with van der Waals surface area (Å²) in [5.74, 6) is 0.989. The zero-order valence-corrected chi connectivity index (χ0v) is 15.0. The lowest BCUT2D eigenvalue weighted by Crippen LogP contribution is -2.28. The molecule has 3 aromatic carbocycles. The molecule has 0 unspecified atom stereocenters. The number of allylic oxidation sites excluding steroid dienone is 4. The summed E-state index contributed by atoms with van der Waals surface area (Å²) in [6.07, 6.45) is 5.07. The molecule has 26 heavy (non-hydrogen) atoms. The zero-order chi connectivity index (χ0) is 17.6. The second kappa shape index (κ2) is 5.85. The summed E-state index contributed by atoms with van der Waals surface area (Å²) in [6, 6.07) is 32.8.